The number of esters is 3. The Morgan fingerprint density at radius 2 is 0.479 bits per heavy atom. The van der Waals surface area contributed by atoms with E-state index in [1.807, 2.05) is 0 Å². The van der Waals surface area contributed by atoms with Gasteiger partial charge < -0.3 is 14.2 Å². The Hall–Kier alpha value is -3.15. The molecule has 0 aliphatic carbocycles. The van der Waals surface area contributed by atoms with E-state index in [0.29, 0.717) is 19.3 Å². The minimum atomic E-state index is -0.793. The van der Waals surface area contributed by atoms with E-state index in [9.17, 15) is 14.4 Å². The van der Waals surface area contributed by atoms with Gasteiger partial charge >= 0.3 is 17.9 Å². The van der Waals surface area contributed by atoms with Crippen LogP contribution in [0.15, 0.2) is 72.9 Å². The Kier molecular flexibility index (Phi) is 58.7. The molecule has 0 saturated heterocycles. The number of ether oxygens (including phenoxy) is 3. The summed E-state index contributed by atoms with van der Waals surface area (Å²) < 4.78 is 16.9. The summed E-state index contributed by atoms with van der Waals surface area (Å²) in [6.45, 7) is 6.61. The predicted octanol–water partition coefficient (Wildman–Crippen LogP) is 21.3. The van der Waals surface area contributed by atoms with Crippen molar-refractivity contribution in [3.8, 4) is 0 Å². The molecule has 73 heavy (non-hydrogen) atoms. The second-order valence-electron chi connectivity index (χ2n) is 21.0. The van der Waals surface area contributed by atoms with Crippen molar-refractivity contribution in [2.45, 2.75) is 322 Å². The highest BCUT2D eigenvalue weighted by Gasteiger charge is 2.19. The molecule has 0 heterocycles. The lowest BCUT2D eigenvalue weighted by atomic mass is 10.1. The van der Waals surface area contributed by atoms with Crippen LogP contribution in [-0.2, 0) is 28.6 Å². The molecule has 0 N–H and O–H groups in total. The van der Waals surface area contributed by atoms with Gasteiger partial charge in [0, 0.05) is 19.3 Å². The van der Waals surface area contributed by atoms with Crippen LogP contribution in [-0.4, -0.2) is 37.2 Å². The summed E-state index contributed by atoms with van der Waals surface area (Å²) in [6, 6.07) is 0. The molecule has 6 heteroatoms. The SMILES string of the molecule is CCCCC/C=C\C=C/CCCCCCCCCCCCC(=O)OCC(COC(=O)CCCCCCC/C=C\C=C/CCCCCCCCC)OC(=O)CCCCCCC/C=C\C=C/CCCCCCCCC. The molecule has 1 unspecified atom stereocenters. The van der Waals surface area contributed by atoms with Gasteiger partial charge in [-0.3, -0.25) is 14.4 Å². The van der Waals surface area contributed by atoms with Crippen molar-refractivity contribution in [3.63, 3.8) is 0 Å². The highest BCUT2D eigenvalue weighted by Crippen LogP contribution is 2.16. The summed E-state index contributed by atoms with van der Waals surface area (Å²) in [4.78, 5) is 38.3. The fourth-order valence-corrected chi connectivity index (χ4v) is 8.95. The number of rotatable bonds is 57. The van der Waals surface area contributed by atoms with E-state index in [1.165, 1.54) is 180 Å². The van der Waals surface area contributed by atoms with Gasteiger partial charge in [-0.2, -0.15) is 0 Å². The Balaban J connectivity index is 4.43. The molecule has 0 fully saturated rings. The first kappa shape index (κ1) is 69.8. The zero-order valence-electron chi connectivity index (χ0n) is 48.4. The van der Waals surface area contributed by atoms with Gasteiger partial charge in [0.1, 0.15) is 13.2 Å². The summed E-state index contributed by atoms with van der Waals surface area (Å²) in [5.74, 6) is -0.908. The molecule has 0 aromatic rings. The number of carbonyl (C=O) groups excluding carboxylic acids is 3. The van der Waals surface area contributed by atoms with Crippen LogP contribution < -0.4 is 0 Å². The van der Waals surface area contributed by atoms with Gasteiger partial charge in [-0.15, -0.1) is 0 Å². The molecule has 1 atom stereocenters. The first-order chi connectivity index (χ1) is 36.0. The van der Waals surface area contributed by atoms with Crippen LogP contribution in [0.1, 0.15) is 316 Å². The Bertz CT molecular complexity index is 1360. The van der Waals surface area contributed by atoms with Crippen LogP contribution in [0.25, 0.3) is 0 Å². The summed E-state index contributed by atoms with van der Waals surface area (Å²) in [5.41, 5.74) is 0. The third-order valence-corrected chi connectivity index (χ3v) is 13.7. The first-order valence-electron chi connectivity index (χ1n) is 31.5. The van der Waals surface area contributed by atoms with Crippen LogP contribution in [0.4, 0.5) is 0 Å². The molecule has 0 aliphatic rings. The molecule has 0 spiro atoms. The molecule has 422 valence electrons. The minimum absolute atomic E-state index is 0.0877. The van der Waals surface area contributed by atoms with Crippen molar-refractivity contribution in [3.05, 3.63) is 72.9 Å². The van der Waals surface area contributed by atoms with Crippen molar-refractivity contribution in [2.24, 2.45) is 0 Å². The number of unbranched alkanes of at least 4 members (excludes halogenated alkanes) is 37. The molecular weight excluding hydrogens is 901 g/mol. The highest BCUT2D eigenvalue weighted by molar-refractivity contribution is 5.71. The summed E-state index contributed by atoms with van der Waals surface area (Å²) in [7, 11) is 0. The standard InChI is InChI=1S/C67H118O6/c1-4-7-10-13-16-19-22-25-28-31-34-37-39-42-45-48-51-54-57-60-66(69)72-63-64(73-67(70)61-58-55-52-49-46-43-40-36-33-30-27-24-21-18-15-12-9-6-3)62-71-65(68)59-56-53-50-47-44-41-38-35-32-29-26-23-20-17-14-11-8-5-2/h16,19,22,25,29-30,32-33,35-36,38,40,64H,4-15,17-18,20-21,23-24,26-28,31,34,37,39,41-63H2,1-3H3/b19-16-,25-22-,32-29-,33-30-,38-35-,40-36-. The van der Waals surface area contributed by atoms with Crippen molar-refractivity contribution in [1.29, 1.82) is 0 Å². The number of allylic oxidation sites excluding steroid dienone is 12. The molecule has 6 nitrogen and oxygen atoms in total. The van der Waals surface area contributed by atoms with Gasteiger partial charge in [0.2, 0.25) is 0 Å². The summed E-state index contributed by atoms with van der Waals surface area (Å²) >= 11 is 0. The maximum absolute atomic E-state index is 12.9. The van der Waals surface area contributed by atoms with Crippen molar-refractivity contribution >= 4 is 17.9 Å². The topological polar surface area (TPSA) is 78.9 Å². The zero-order chi connectivity index (χ0) is 52.9. The maximum atomic E-state index is 12.9. The number of hydrogen-bond donors (Lipinski definition) is 0. The van der Waals surface area contributed by atoms with E-state index in [1.54, 1.807) is 0 Å². The van der Waals surface area contributed by atoms with Crippen molar-refractivity contribution in [1.82, 2.24) is 0 Å². The second kappa shape index (κ2) is 61.4. The van der Waals surface area contributed by atoms with Crippen LogP contribution in [0.2, 0.25) is 0 Å². The van der Waals surface area contributed by atoms with Gasteiger partial charge in [0.15, 0.2) is 6.10 Å². The van der Waals surface area contributed by atoms with Gasteiger partial charge in [0.05, 0.1) is 0 Å². The molecule has 0 radical (unpaired) electrons. The predicted molar refractivity (Wildman–Crippen MR) is 316 cm³/mol. The first-order valence-corrected chi connectivity index (χ1v) is 31.5. The lowest BCUT2D eigenvalue weighted by Crippen LogP contribution is -2.30. The average molecular weight is 1020 g/mol. The van der Waals surface area contributed by atoms with E-state index < -0.39 is 6.10 Å². The molecule has 0 aromatic carbocycles. The van der Waals surface area contributed by atoms with Gasteiger partial charge in [-0.25, -0.2) is 0 Å². The van der Waals surface area contributed by atoms with Crippen LogP contribution in [0.5, 0.6) is 0 Å². The largest absolute Gasteiger partial charge is 0.462 e. The van der Waals surface area contributed by atoms with Gasteiger partial charge in [-0.05, 0) is 96.3 Å². The van der Waals surface area contributed by atoms with Crippen LogP contribution in [0.3, 0.4) is 0 Å². The molecule has 0 rings (SSSR count). The second-order valence-corrected chi connectivity index (χ2v) is 21.0. The quantitative estimate of drug-likeness (QED) is 0.0261. The average Bonchev–Trinajstić information content (AvgIpc) is 3.39. The van der Waals surface area contributed by atoms with E-state index in [0.717, 1.165) is 96.3 Å². The summed E-state index contributed by atoms with van der Waals surface area (Å²) in [5, 5.41) is 0. The minimum Gasteiger partial charge on any atom is -0.462 e. The van der Waals surface area contributed by atoms with E-state index in [4.69, 9.17) is 14.2 Å². The molecule has 0 bridgehead atoms. The molecule has 0 aromatic heterocycles. The van der Waals surface area contributed by atoms with Crippen LogP contribution >= 0.6 is 0 Å². The van der Waals surface area contributed by atoms with Gasteiger partial charge in [0.25, 0.3) is 0 Å². The molecular formula is C67H118O6. The van der Waals surface area contributed by atoms with E-state index in [2.05, 4.69) is 93.7 Å². The lowest BCUT2D eigenvalue weighted by molar-refractivity contribution is -0.167. The monoisotopic (exact) mass is 1020 g/mol. The number of carbonyl (C=O) groups is 3. The third-order valence-electron chi connectivity index (χ3n) is 13.7. The smallest absolute Gasteiger partial charge is 0.306 e. The normalized spacial score (nSPS) is 12.5. The Morgan fingerprint density at radius 1 is 0.274 bits per heavy atom. The van der Waals surface area contributed by atoms with E-state index >= 15 is 0 Å². The lowest BCUT2D eigenvalue weighted by Gasteiger charge is -2.18. The zero-order valence-corrected chi connectivity index (χ0v) is 48.4. The molecule has 0 aliphatic heterocycles. The Labute approximate surface area is 453 Å². The van der Waals surface area contributed by atoms with Crippen molar-refractivity contribution in [2.75, 3.05) is 13.2 Å². The highest BCUT2D eigenvalue weighted by atomic mass is 16.6. The van der Waals surface area contributed by atoms with Gasteiger partial charge in [-0.1, -0.05) is 273 Å². The van der Waals surface area contributed by atoms with Crippen molar-refractivity contribution < 1.29 is 28.6 Å². The number of hydrogen-bond acceptors (Lipinski definition) is 6. The summed E-state index contributed by atoms with van der Waals surface area (Å²) in [6.07, 6.45) is 78.9. The fraction of sp³-hybridized carbons (Fsp3) is 0.776. The van der Waals surface area contributed by atoms with Crippen LogP contribution in [0, 0.1) is 0 Å². The Morgan fingerprint density at radius 3 is 0.753 bits per heavy atom. The maximum Gasteiger partial charge on any atom is 0.306 e. The fourth-order valence-electron chi connectivity index (χ4n) is 8.95. The molecule has 0 saturated carbocycles. The third kappa shape index (κ3) is 59.6. The van der Waals surface area contributed by atoms with E-state index in [-0.39, 0.29) is 31.1 Å². The molecule has 0 amide bonds.